The molecular formula is C11H17N5O. The monoisotopic (exact) mass is 235 g/mol. The van der Waals surface area contributed by atoms with Gasteiger partial charge in [0.25, 0.3) is 0 Å². The molecule has 0 aromatic carbocycles. The Hall–Kier alpha value is -1.69. The molecule has 2 rings (SSSR count). The fourth-order valence-electron chi connectivity index (χ4n) is 2.18. The minimum atomic E-state index is 0.00770. The molecule has 0 spiro atoms. The van der Waals surface area contributed by atoms with E-state index in [1.54, 1.807) is 12.3 Å². The first-order valence-corrected chi connectivity index (χ1v) is 5.61. The van der Waals surface area contributed by atoms with E-state index in [4.69, 9.17) is 15.9 Å². The summed E-state index contributed by atoms with van der Waals surface area (Å²) < 4.78 is 5.53. The molecule has 1 aromatic heterocycles. The molecular weight excluding hydrogens is 218 g/mol. The van der Waals surface area contributed by atoms with Gasteiger partial charge in [-0.05, 0) is 19.4 Å². The molecule has 0 amide bonds. The molecule has 17 heavy (non-hydrogen) atoms. The Bertz CT molecular complexity index is 422. The van der Waals surface area contributed by atoms with E-state index in [9.17, 15) is 0 Å². The van der Waals surface area contributed by atoms with Gasteiger partial charge in [-0.25, -0.2) is 0 Å². The van der Waals surface area contributed by atoms with Crippen LogP contribution < -0.4 is 10.6 Å². The van der Waals surface area contributed by atoms with E-state index in [-0.39, 0.29) is 18.0 Å². The fraction of sp³-hybridized carbons (Fsp3) is 0.545. The molecule has 0 bridgehead atoms. The largest absolute Gasteiger partial charge is 0.384 e. The van der Waals surface area contributed by atoms with Gasteiger partial charge in [-0.1, -0.05) is 0 Å². The van der Waals surface area contributed by atoms with Gasteiger partial charge >= 0.3 is 0 Å². The lowest BCUT2D eigenvalue weighted by Gasteiger charge is -2.28. The lowest BCUT2D eigenvalue weighted by Crippen LogP contribution is -2.38. The van der Waals surface area contributed by atoms with Crippen molar-refractivity contribution in [1.29, 1.82) is 5.41 Å². The number of aromatic nitrogens is 2. The third kappa shape index (κ3) is 2.21. The zero-order valence-electron chi connectivity index (χ0n) is 10.1. The normalized spacial score (nSPS) is 23.6. The number of rotatable bonds is 3. The van der Waals surface area contributed by atoms with Crippen molar-refractivity contribution in [2.24, 2.45) is 5.73 Å². The van der Waals surface area contributed by atoms with Gasteiger partial charge < -0.3 is 15.4 Å². The zero-order valence-corrected chi connectivity index (χ0v) is 10.1. The fourth-order valence-corrected chi connectivity index (χ4v) is 2.18. The molecule has 0 saturated carbocycles. The lowest BCUT2D eigenvalue weighted by atomic mass is 10.1. The third-order valence-corrected chi connectivity index (χ3v) is 3.16. The average molecular weight is 235 g/mol. The Kier molecular flexibility index (Phi) is 3.23. The summed E-state index contributed by atoms with van der Waals surface area (Å²) in [7, 11) is 1.94. The van der Waals surface area contributed by atoms with Crippen LogP contribution in [-0.4, -0.2) is 41.8 Å². The van der Waals surface area contributed by atoms with E-state index in [1.165, 1.54) is 0 Å². The lowest BCUT2D eigenvalue weighted by molar-refractivity contribution is 0.118. The Balaban J connectivity index is 2.30. The Labute approximate surface area is 100 Å². The highest BCUT2D eigenvalue weighted by Crippen LogP contribution is 2.24. The Morgan fingerprint density at radius 1 is 1.65 bits per heavy atom. The van der Waals surface area contributed by atoms with Crippen LogP contribution in [0.15, 0.2) is 12.3 Å². The SMILES string of the molecule is CC1OCCC1N(C)c1nnccc1C(=N)N. The first-order valence-electron chi connectivity index (χ1n) is 5.61. The summed E-state index contributed by atoms with van der Waals surface area (Å²) in [5.41, 5.74) is 6.16. The number of ether oxygens (including phenoxy) is 1. The minimum absolute atomic E-state index is 0.00770. The van der Waals surface area contributed by atoms with Crippen LogP contribution in [0, 0.1) is 5.41 Å². The predicted molar refractivity (Wildman–Crippen MR) is 65.3 cm³/mol. The van der Waals surface area contributed by atoms with Crippen LogP contribution in [0.1, 0.15) is 18.9 Å². The van der Waals surface area contributed by atoms with Crippen molar-refractivity contribution in [1.82, 2.24) is 10.2 Å². The molecule has 1 aliphatic heterocycles. The minimum Gasteiger partial charge on any atom is -0.384 e. The van der Waals surface area contributed by atoms with Crippen molar-refractivity contribution in [3.05, 3.63) is 17.8 Å². The van der Waals surface area contributed by atoms with Crippen molar-refractivity contribution in [2.75, 3.05) is 18.6 Å². The van der Waals surface area contributed by atoms with Crippen molar-refractivity contribution in [3.63, 3.8) is 0 Å². The summed E-state index contributed by atoms with van der Waals surface area (Å²) in [6, 6.07) is 1.96. The van der Waals surface area contributed by atoms with Crippen molar-refractivity contribution in [2.45, 2.75) is 25.5 Å². The molecule has 3 N–H and O–H groups in total. The maximum atomic E-state index is 7.54. The van der Waals surface area contributed by atoms with Crippen molar-refractivity contribution < 1.29 is 4.74 Å². The molecule has 0 aliphatic carbocycles. The number of amidine groups is 1. The number of hydrogen-bond acceptors (Lipinski definition) is 5. The molecule has 6 heteroatoms. The highest BCUT2D eigenvalue weighted by molar-refractivity contribution is 5.99. The topological polar surface area (TPSA) is 88.1 Å². The maximum Gasteiger partial charge on any atom is 0.162 e. The molecule has 2 atom stereocenters. The summed E-state index contributed by atoms with van der Waals surface area (Å²) in [5.74, 6) is 0.649. The maximum absolute atomic E-state index is 7.54. The van der Waals surface area contributed by atoms with Gasteiger partial charge in [0.1, 0.15) is 5.84 Å². The highest BCUT2D eigenvalue weighted by atomic mass is 16.5. The molecule has 2 heterocycles. The highest BCUT2D eigenvalue weighted by Gasteiger charge is 2.30. The van der Waals surface area contributed by atoms with Gasteiger partial charge in [0.05, 0.1) is 23.9 Å². The van der Waals surface area contributed by atoms with E-state index >= 15 is 0 Å². The van der Waals surface area contributed by atoms with Crippen LogP contribution in [0.5, 0.6) is 0 Å². The molecule has 6 nitrogen and oxygen atoms in total. The number of nitrogen functional groups attached to an aromatic ring is 1. The summed E-state index contributed by atoms with van der Waals surface area (Å²) in [6.45, 7) is 2.80. The van der Waals surface area contributed by atoms with E-state index in [0.29, 0.717) is 11.4 Å². The number of likely N-dealkylation sites (N-methyl/N-ethyl adjacent to an activating group) is 1. The Morgan fingerprint density at radius 2 is 2.41 bits per heavy atom. The first kappa shape index (κ1) is 11.8. The molecule has 1 saturated heterocycles. The van der Waals surface area contributed by atoms with Gasteiger partial charge in [0.2, 0.25) is 0 Å². The molecule has 1 fully saturated rings. The molecule has 92 valence electrons. The van der Waals surface area contributed by atoms with Crippen LogP contribution in [0.3, 0.4) is 0 Å². The van der Waals surface area contributed by atoms with Gasteiger partial charge in [0, 0.05) is 13.7 Å². The van der Waals surface area contributed by atoms with Crippen molar-refractivity contribution in [3.8, 4) is 0 Å². The first-order chi connectivity index (χ1) is 8.11. The second-order valence-electron chi connectivity index (χ2n) is 4.23. The smallest absolute Gasteiger partial charge is 0.162 e. The number of nitrogens with one attached hydrogen (secondary N) is 1. The van der Waals surface area contributed by atoms with Crippen molar-refractivity contribution >= 4 is 11.7 Å². The predicted octanol–water partition coefficient (Wildman–Crippen LogP) is 0.374. The Morgan fingerprint density at radius 3 is 3.00 bits per heavy atom. The summed E-state index contributed by atoms with van der Waals surface area (Å²) in [6.07, 6.45) is 2.65. The van der Waals surface area contributed by atoms with Gasteiger partial charge in [-0.3, -0.25) is 5.41 Å². The molecule has 0 radical (unpaired) electrons. The number of nitrogens with two attached hydrogens (primary N) is 1. The van der Waals surface area contributed by atoms with Gasteiger partial charge in [-0.2, -0.15) is 5.10 Å². The summed E-state index contributed by atoms with van der Waals surface area (Å²) in [4.78, 5) is 2.00. The van der Waals surface area contributed by atoms with E-state index in [0.717, 1.165) is 13.0 Å². The van der Waals surface area contributed by atoms with Gasteiger partial charge in [-0.15, -0.1) is 5.10 Å². The van der Waals surface area contributed by atoms with Crippen LogP contribution in [-0.2, 0) is 4.74 Å². The van der Waals surface area contributed by atoms with E-state index < -0.39 is 0 Å². The second-order valence-corrected chi connectivity index (χ2v) is 4.23. The number of anilines is 1. The van der Waals surface area contributed by atoms with E-state index in [2.05, 4.69) is 10.2 Å². The van der Waals surface area contributed by atoms with E-state index in [1.807, 2.05) is 18.9 Å². The molecule has 1 aliphatic rings. The molecule has 2 unspecified atom stereocenters. The van der Waals surface area contributed by atoms with Gasteiger partial charge in [0.15, 0.2) is 5.82 Å². The molecule has 1 aromatic rings. The quantitative estimate of drug-likeness (QED) is 0.584. The zero-order chi connectivity index (χ0) is 12.4. The van der Waals surface area contributed by atoms with Crippen LogP contribution in [0.4, 0.5) is 5.82 Å². The third-order valence-electron chi connectivity index (χ3n) is 3.16. The standard InChI is InChI=1S/C11H17N5O/c1-7-9(4-6-17-7)16(2)11-8(10(12)13)3-5-14-15-11/h3,5,7,9H,4,6H2,1-2H3,(H3,12,13). The van der Waals surface area contributed by atoms with Crippen LogP contribution in [0.2, 0.25) is 0 Å². The number of nitrogens with zero attached hydrogens (tertiary/aromatic N) is 3. The average Bonchev–Trinajstić information content (AvgIpc) is 2.74. The number of hydrogen-bond donors (Lipinski definition) is 2. The summed E-state index contributed by atoms with van der Waals surface area (Å²) >= 11 is 0. The van der Waals surface area contributed by atoms with Crippen LogP contribution >= 0.6 is 0 Å². The second kappa shape index (κ2) is 4.67. The van der Waals surface area contributed by atoms with Crippen LogP contribution in [0.25, 0.3) is 0 Å². The summed E-state index contributed by atoms with van der Waals surface area (Å²) in [5, 5.41) is 15.5.